The fourth-order valence-electron chi connectivity index (χ4n) is 2.94. The molecule has 8 heteroatoms. The third kappa shape index (κ3) is 4.49. The van der Waals surface area contributed by atoms with E-state index < -0.39 is 0 Å². The zero-order valence-corrected chi connectivity index (χ0v) is 16.7. The van der Waals surface area contributed by atoms with Gasteiger partial charge in [0.2, 0.25) is 0 Å². The van der Waals surface area contributed by atoms with Gasteiger partial charge in [0, 0.05) is 41.8 Å². The van der Waals surface area contributed by atoms with E-state index in [1.807, 2.05) is 36.4 Å². The number of amides is 1. The molecule has 0 radical (unpaired) electrons. The third-order valence-corrected chi connectivity index (χ3v) is 5.53. The molecule has 1 amide bonds. The van der Waals surface area contributed by atoms with E-state index >= 15 is 0 Å². The zero-order valence-electron chi connectivity index (χ0n) is 15.1. The van der Waals surface area contributed by atoms with Gasteiger partial charge in [-0.1, -0.05) is 23.7 Å². The summed E-state index contributed by atoms with van der Waals surface area (Å²) in [4.78, 5) is 23.5. The monoisotopic (exact) mass is 414 g/mol. The van der Waals surface area contributed by atoms with Crippen LogP contribution in [0.4, 0.5) is 5.82 Å². The normalized spacial score (nSPS) is 14.1. The van der Waals surface area contributed by atoms with Crippen LogP contribution >= 0.6 is 22.9 Å². The van der Waals surface area contributed by atoms with Crippen molar-refractivity contribution in [1.29, 1.82) is 0 Å². The quantitative estimate of drug-likeness (QED) is 0.690. The van der Waals surface area contributed by atoms with E-state index in [0.29, 0.717) is 30.5 Å². The van der Waals surface area contributed by atoms with Crippen LogP contribution in [-0.2, 0) is 11.3 Å². The number of ether oxygens (including phenoxy) is 1. The molecule has 1 fully saturated rings. The van der Waals surface area contributed by atoms with Crippen molar-refractivity contribution in [3.8, 4) is 10.6 Å². The summed E-state index contributed by atoms with van der Waals surface area (Å²) in [6.07, 6.45) is 1.77. The molecule has 1 aliphatic heterocycles. The number of morpholine rings is 1. The van der Waals surface area contributed by atoms with E-state index in [2.05, 4.69) is 20.2 Å². The van der Waals surface area contributed by atoms with E-state index in [1.54, 1.807) is 11.6 Å². The minimum atomic E-state index is -0.200. The average Bonchev–Trinajstić information content (AvgIpc) is 3.23. The Balaban J connectivity index is 1.39. The van der Waals surface area contributed by atoms with Crippen molar-refractivity contribution in [3.63, 3.8) is 0 Å². The Labute approximate surface area is 172 Å². The predicted molar refractivity (Wildman–Crippen MR) is 111 cm³/mol. The highest BCUT2D eigenvalue weighted by molar-refractivity contribution is 7.13. The number of carbonyl (C=O) groups excluding carboxylic acids is 1. The third-order valence-electron chi connectivity index (χ3n) is 4.41. The smallest absolute Gasteiger partial charge is 0.271 e. The summed E-state index contributed by atoms with van der Waals surface area (Å²) in [5, 5.41) is 6.11. The molecule has 28 heavy (non-hydrogen) atoms. The van der Waals surface area contributed by atoms with E-state index in [1.165, 1.54) is 11.3 Å². The van der Waals surface area contributed by atoms with Crippen LogP contribution in [0.1, 0.15) is 16.1 Å². The first kappa shape index (κ1) is 18.9. The Hall–Kier alpha value is -2.48. The molecule has 0 spiro atoms. The Morgan fingerprint density at radius 1 is 1.25 bits per heavy atom. The summed E-state index contributed by atoms with van der Waals surface area (Å²) in [5.74, 6) is 0.709. The van der Waals surface area contributed by atoms with Gasteiger partial charge in [-0.05, 0) is 29.8 Å². The highest BCUT2D eigenvalue weighted by Gasteiger charge is 2.14. The number of nitrogens with one attached hydrogen (secondary N) is 1. The van der Waals surface area contributed by atoms with Crippen LogP contribution in [0.3, 0.4) is 0 Å². The molecule has 0 unspecified atom stereocenters. The number of thiazole rings is 1. The first-order chi connectivity index (χ1) is 13.7. The van der Waals surface area contributed by atoms with Crippen molar-refractivity contribution in [2.75, 3.05) is 31.2 Å². The summed E-state index contributed by atoms with van der Waals surface area (Å²) >= 11 is 7.46. The van der Waals surface area contributed by atoms with Crippen LogP contribution < -0.4 is 10.2 Å². The lowest BCUT2D eigenvalue weighted by atomic mass is 10.2. The molecule has 3 heterocycles. The van der Waals surface area contributed by atoms with Crippen LogP contribution in [0.5, 0.6) is 0 Å². The molecule has 0 bridgehead atoms. The van der Waals surface area contributed by atoms with Gasteiger partial charge in [0.05, 0.1) is 13.2 Å². The van der Waals surface area contributed by atoms with Crippen molar-refractivity contribution in [1.82, 2.24) is 15.3 Å². The predicted octanol–water partition coefficient (Wildman–Crippen LogP) is 3.63. The number of benzene rings is 1. The second kappa shape index (κ2) is 8.68. The Bertz CT molecular complexity index is 972. The first-order valence-corrected chi connectivity index (χ1v) is 10.2. The lowest BCUT2D eigenvalue weighted by molar-refractivity contribution is 0.0946. The number of pyridine rings is 1. The summed E-state index contributed by atoms with van der Waals surface area (Å²) in [7, 11) is 0. The fourth-order valence-corrected chi connectivity index (χ4v) is 3.93. The van der Waals surface area contributed by atoms with Gasteiger partial charge in [0.15, 0.2) is 0 Å². The van der Waals surface area contributed by atoms with E-state index in [-0.39, 0.29) is 5.91 Å². The van der Waals surface area contributed by atoms with Crippen molar-refractivity contribution >= 4 is 34.7 Å². The molecule has 0 atom stereocenters. The maximum atomic E-state index is 12.5. The molecule has 1 aliphatic rings. The second-order valence-electron chi connectivity index (χ2n) is 6.35. The first-order valence-electron chi connectivity index (χ1n) is 8.96. The summed E-state index contributed by atoms with van der Waals surface area (Å²) in [6.45, 7) is 3.49. The Morgan fingerprint density at radius 2 is 2.11 bits per heavy atom. The number of halogens is 1. The lowest BCUT2D eigenvalue weighted by Gasteiger charge is -2.28. The van der Waals surface area contributed by atoms with Crippen molar-refractivity contribution in [2.45, 2.75) is 6.54 Å². The highest BCUT2D eigenvalue weighted by Crippen LogP contribution is 2.26. The van der Waals surface area contributed by atoms with E-state index in [4.69, 9.17) is 16.3 Å². The largest absolute Gasteiger partial charge is 0.378 e. The summed E-state index contributed by atoms with van der Waals surface area (Å²) < 4.78 is 5.38. The van der Waals surface area contributed by atoms with Gasteiger partial charge in [-0.2, -0.15) is 0 Å². The number of rotatable bonds is 5. The van der Waals surface area contributed by atoms with Crippen LogP contribution in [0.2, 0.25) is 5.02 Å². The van der Waals surface area contributed by atoms with Crippen LogP contribution in [0, 0.1) is 0 Å². The van der Waals surface area contributed by atoms with Crippen molar-refractivity contribution in [3.05, 3.63) is 64.3 Å². The van der Waals surface area contributed by atoms with Crippen LogP contribution in [0.15, 0.2) is 48.0 Å². The molecule has 4 rings (SSSR count). The molecule has 6 nitrogen and oxygen atoms in total. The lowest BCUT2D eigenvalue weighted by Crippen LogP contribution is -2.36. The SMILES string of the molecule is O=C(NCc1ccnc(N2CCOCC2)c1)c1csc(-c2cccc(Cl)c2)n1. The number of hydrogen-bond acceptors (Lipinski definition) is 6. The van der Waals surface area contributed by atoms with Crippen molar-refractivity contribution < 1.29 is 9.53 Å². The van der Waals surface area contributed by atoms with Gasteiger partial charge in [0.25, 0.3) is 5.91 Å². The summed E-state index contributed by atoms with van der Waals surface area (Å²) in [6, 6.07) is 11.4. The fraction of sp³-hybridized carbons (Fsp3) is 0.250. The maximum absolute atomic E-state index is 12.5. The second-order valence-corrected chi connectivity index (χ2v) is 7.65. The molecule has 0 aliphatic carbocycles. The van der Waals surface area contributed by atoms with Gasteiger partial charge in [0.1, 0.15) is 16.5 Å². The number of hydrogen-bond donors (Lipinski definition) is 1. The average molecular weight is 415 g/mol. The minimum absolute atomic E-state index is 0.200. The molecule has 1 N–H and O–H groups in total. The van der Waals surface area contributed by atoms with Gasteiger partial charge in [-0.25, -0.2) is 9.97 Å². The Morgan fingerprint density at radius 3 is 2.93 bits per heavy atom. The van der Waals surface area contributed by atoms with Gasteiger partial charge < -0.3 is 15.0 Å². The highest BCUT2D eigenvalue weighted by atomic mass is 35.5. The van der Waals surface area contributed by atoms with Gasteiger partial charge >= 0.3 is 0 Å². The molecule has 0 saturated carbocycles. The maximum Gasteiger partial charge on any atom is 0.271 e. The topological polar surface area (TPSA) is 67.4 Å². The Kier molecular flexibility index (Phi) is 5.85. The van der Waals surface area contributed by atoms with Crippen LogP contribution in [-0.4, -0.2) is 42.2 Å². The molecule has 144 valence electrons. The molecule has 2 aromatic heterocycles. The van der Waals surface area contributed by atoms with E-state index in [9.17, 15) is 4.79 Å². The summed E-state index contributed by atoms with van der Waals surface area (Å²) in [5.41, 5.74) is 2.30. The molecular formula is C20H19ClN4O2S. The number of anilines is 1. The van der Waals surface area contributed by atoms with Gasteiger partial charge in [-0.3, -0.25) is 4.79 Å². The van der Waals surface area contributed by atoms with Crippen molar-refractivity contribution in [2.24, 2.45) is 0 Å². The van der Waals surface area contributed by atoms with E-state index in [0.717, 1.165) is 35.0 Å². The minimum Gasteiger partial charge on any atom is -0.378 e. The molecular weight excluding hydrogens is 396 g/mol. The molecule has 1 aromatic carbocycles. The number of nitrogens with zero attached hydrogens (tertiary/aromatic N) is 3. The number of aromatic nitrogens is 2. The zero-order chi connectivity index (χ0) is 19.3. The molecule has 1 saturated heterocycles. The van der Waals surface area contributed by atoms with Crippen LogP contribution in [0.25, 0.3) is 10.6 Å². The van der Waals surface area contributed by atoms with Gasteiger partial charge in [-0.15, -0.1) is 11.3 Å². The molecule has 3 aromatic rings. The standard InChI is InChI=1S/C20H19ClN4O2S/c21-16-3-1-2-15(11-16)20-24-17(13-28-20)19(26)23-12-14-4-5-22-18(10-14)25-6-8-27-9-7-25/h1-5,10-11,13H,6-9,12H2,(H,23,26). The number of carbonyl (C=O) groups is 1.